The van der Waals surface area contributed by atoms with Gasteiger partial charge in [-0.2, -0.15) is 13.2 Å². The molecule has 1 heterocycles. The molecule has 0 fully saturated rings. The van der Waals surface area contributed by atoms with Crippen LogP contribution in [0.4, 0.5) is 18.9 Å². The van der Waals surface area contributed by atoms with E-state index in [1.807, 2.05) is 0 Å². The Hall–Kier alpha value is -3.53. The predicted molar refractivity (Wildman–Crippen MR) is 138 cm³/mol. The molecule has 0 saturated heterocycles. The molecule has 2 N–H and O–H groups in total. The van der Waals surface area contributed by atoms with Gasteiger partial charge in [-0.3, -0.25) is 19.3 Å². The third-order valence-corrected chi connectivity index (χ3v) is 6.66. The Balaban J connectivity index is 1.38. The van der Waals surface area contributed by atoms with E-state index in [2.05, 4.69) is 10.6 Å². The van der Waals surface area contributed by atoms with Crippen LogP contribution in [0.15, 0.2) is 77.5 Å². The SMILES string of the molecule is O=C(Nc1ccc(Cl)c(C(F)(F)F)c1)c1ccc(CNC2=C(Cl)C(=O)N(Cc3ccccc3Cl)C2=O)cc1. The Bertz CT molecular complexity index is 1460. The molecule has 6 nitrogen and oxygen atoms in total. The van der Waals surface area contributed by atoms with E-state index >= 15 is 0 Å². The summed E-state index contributed by atoms with van der Waals surface area (Å²) < 4.78 is 39.2. The second kappa shape index (κ2) is 11.1. The van der Waals surface area contributed by atoms with Gasteiger partial charge in [-0.25, -0.2) is 0 Å². The molecule has 1 aliphatic rings. The van der Waals surface area contributed by atoms with Crippen molar-refractivity contribution >= 4 is 58.2 Å². The zero-order valence-electron chi connectivity index (χ0n) is 19.2. The highest BCUT2D eigenvalue weighted by atomic mass is 35.5. The molecule has 0 aromatic heterocycles. The summed E-state index contributed by atoms with van der Waals surface area (Å²) in [6.45, 7) is 0.0686. The van der Waals surface area contributed by atoms with Crippen molar-refractivity contribution < 1.29 is 27.6 Å². The largest absolute Gasteiger partial charge is 0.417 e. The van der Waals surface area contributed by atoms with Gasteiger partial charge in [-0.15, -0.1) is 0 Å². The number of hydrogen-bond acceptors (Lipinski definition) is 4. The number of nitrogens with zero attached hydrogens (tertiary/aromatic N) is 1. The highest BCUT2D eigenvalue weighted by molar-refractivity contribution is 6.47. The lowest BCUT2D eigenvalue weighted by molar-refractivity contribution is -0.139. The molecule has 3 aromatic carbocycles. The van der Waals surface area contributed by atoms with Gasteiger partial charge in [0.2, 0.25) is 0 Å². The number of anilines is 1. The van der Waals surface area contributed by atoms with Gasteiger partial charge in [-0.05, 0) is 47.5 Å². The smallest absolute Gasteiger partial charge is 0.375 e. The molecule has 0 radical (unpaired) electrons. The van der Waals surface area contributed by atoms with Crippen LogP contribution in [0.2, 0.25) is 10.0 Å². The second-order valence-electron chi connectivity index (χ2n) is 8.17. The average Bonchev–Trinajstić information content (AvgIpc) is 3.07. The number of amides is 3. The number of benzene rings is 3. The minimum atomic E-state index is -4.66. The molecule has 3 aromatic rings. The van der Waals surface area contributed by atoms with Crippen molar-refractivity contribution in [2.24, 2.45) is 0 Å². The molecule has 4 rings (SSSR count). The number of rotatable bonds is 7. The Kier molecular flexibility index (Phi) is 8.01. The summed E-state index contributed by atoms with van der Waals surface area (Å²) in [5.41, 5.74) is 0.237. The van der Waals surface area contributed by atoms with Gasteiger partial charge >= 0.3 is 6.18 Å². The van der Waals surface area contributed by atoms with E-state index in [9.17, 15) is 27.6 Å². The van der Waals surface area contributed by atoms with E-state index in [1.165, 1.54) is 18.2 Å². The minimum Gasteiger partial charge on any atom is -0.375 e. The van der Waals surface area contributed by atoms with Crippen LogP contribution in [-0.4, -0.2) is 22.6 Å². The molecule has 0 unspecified atom stereocenters. The molecule has 0 saturated carbocycles. The van der Waals surface area contributed by atoms with Crippen molar-refractivity contribution in [3.8, 4) is 0 Å². The summed E-state index contributed by atoms with van der Waals surface area (Å²) in [6, 6.07) is 16.0. The lowest BCUT2D eigenvalue weighted by atomic mass is 10.1. The molecule has 12 heteroatoms. The number of nitrogens with one attached hydrogen (secondary N) is 2. The fourth-order valence-corrected chi connectivity index (χ4v) is 4.30. The molecule has 0 atom stereocenters. The number of imide groups is 1. The zero-order valence-corrected chi connectivity index (χ0v) is 21.5. The Morgan fingerprint density at radius 2 is 1.55 bits per heavy atom. The Labute approximate surface area is 230 Å². The Morgan fingerprint density at radius 3 is 2.21 bits per heavy atom. The van der Waals surface area contributed by atoms with Crippen LogP contribution in [0.5, 0.6) is 0 Å². The number of halogens is 6. The van der Waals surface area contributed by atoms with E-state index in [4.69, 9.17) is 34.8 Å². The number of carbonyl (C=O) groups is 3. The maximum absolute atomic E-state index is 13.1. The molecule has 38 heavy (non-hydrogen) atoms. The molecule has 0 spiro atoms. The molecule has 3 amide bonds. The van der Waals surface area contributed by atoms with Crippen LogP contribution >= 0.6 is 34.8 Å². The molecular weight excluding hydrogens is 566 g/mol. The van der Waals surface area contributed by atoms with Crippen molar-refractivity contribution in [2.75, 3.05) is 5.32 Å². The fraction of sp³-hybridized carbons (Fsp3) is 0.115. The van der Waals surface area contributed by atoms with Gasteiger partial charge in [0.15, 0.2) is 0 Å². The third kappa shape index (κ3) is 5.96. The normalized spacial score (nSPS) is 13.8. The first-order valence-corrected chi connectivity index (χ1v) is 12.1. The molecule has 0 bridgehead atoms. The average molecular weight is 583 g/mol. The number of hydrogen-bond donors (Lipinski definition) is 2. The van der Waals surface area contributed by atoms with Crippen LogP contribution in [0.3, 0.4) is 0 Å². The van der Waals surface area contributed by atoms with Gasteiger partial charge in [0.25, 0.3) is 17.7 Å². The first-order valence-electron chi connectivity index (χ1n) is 11.0. The molecule has 196 valence electrons. The van der Waals surface area contributed by atoms with E-state index in [0.717, 1.165) is 17.0 Å². The zero-order chi connectivity index (χ0) is 27.6. The van der Waals surface area contributed by atoms with E-state index in [0.29, 0.717) is 16.1 Å². The van der Waals surface area contributed by atoms with Gasteiger partial charge in [0.1, 0.15) is 10.7 Å². The summed E-state index contributed by atoms with van der Waals surface area (Å²) >= 11 is 17.9. The first kappa shape index (κ1) is 27.5. The van der Waals surface area contributed by atoms with Crippen LogP contribution in [0.1, 0.15) is 27.0 Å². The highest BCUT2D eigenvalue weighted by Gasteiger charge is 2.38. The summed E-state index contributed by atoms with van der Waals surface area (Å²) in [6.07, 6.45) is -4.66. The second-order valence-corrected chi connectivity index (χ2v) is 9.37. The van der Waals surface area contributed by atoms with Crippen LogP contribution in [0, 0.1) is 0 Å². The van der Waals surface area contributed by atoms with E-state index in [1.54, 1.807) is 36.4 Å². The minimum absolute atomic E-state index is 0.0410. The standard InChI is InChI=1S/C26H17Cl3F3N3O3/c27-19-4-2-1-3-16(19)13-35-24(37)21(29)22(25(35)38)33-12-14-5-7-15(8-6-14)23(36)34-17-9-10-20(28)18(11-17)26(30,31)32/h1-11,33H,12-13H2,(H,34,36). The maximum Gasteiger partial charge on any atom is 0.417 e. The fourth-order valence-electron chi connectivity index (χ4n) is 3.63. The lowest BCUT2D eigenvalue weighted by Gasteiger charge is -2.16. The van der Waals surface area contributed by atoms with Crippen molar-refractivity contribution in [1.82, 2.24) is 10.2 Å². The van der Waals surface area contributed by atoms with Crippen molar-refractivity contribution in [1.29, 1.82) is 0 Å². The predicted octanol–water partition coefficient (Wildman–Crippen LogP) is 6.37. The lowest BCUT2D eigenvalue weighted by Crippen LogP contribution is -2.33. The van der Waals surface area contributed by atoms with Crippen LogP contribution in [-0.2, 0) is 28.9 Å². The topological polar surface area (TPSA) is 78.5 Å². The highest BCUT2D eigenvalue weighted by Crippen LogP contribution is 2.36. The summed E-state index contributed by atoms with van der Waals surface area (Å²) in [7, 11) is 0. The van der Waals surface area contributed by atoms with Gasteiger partial charge in [-0.1, -0.05) is 65.1 Å². The first-order chi connectivity index (χ1) is 18.0. The third-order valence-electron chi connectivity index (χ3n) is 5.61. The van der Waals surface area contributed by atoms with Crippen LogP contribution in [0.25, 0.3) is 0 Å². The molecular formula is C26H17Cl3F3N3O3. The Morgan fingerprint density at radius 1 is 0.868 bits per heavy atom. The van der Waals surface area contributed by atoms with Crippen molar-refractivity contribution in [3.63, 3.8) is 0 Å². The van der Waals surface area contributed by atoms with Crippen molar-refractivity contribution in [2.45, 2.75) is 19.3 Å². The summed E-state index contributed by atoms with van der Waals surface area (Å²) in [4.78, 5) is 38.8. The molecule has 1 aliphatic heterocycles. The number of carbonyl (C=O) groups excluding carboxylic acids is 3. The monoisotopic (exact) mass is 581 g/mol. The van der Waals surface area contributed by atoms with E-state index < -0.39 is 34.5 Å². The van der Waals surface area contributed by atoms with Gasteiger partial charge in [0, 0.05) is 22.8 Å². The van der Waals surface area contributed by atoms with Crippen LogP contribution < -0.4 is 10.6 Å². The van der Waals surface area contributed by atoms with Gasteiger partial charge < -0.3 is 10.6 Å². The quantitative estimate of drug-likeness (QED) is 0.317. The van der Waals surface area contributed by atoms with Gasteiger partial charge in [0.05, 0.1) is 17.1 Å². The summed E-state index contributed by atoms with van der Waals surface area (Å²) in [5.74, 6) is -1.88. The molecule has 0 aliphatic carbocycles. The van der Waals surface area contributed by atoms with Crippen molar-refractivity contribution in [3.05, 3.63) is 110 Å². The van der Waals surface area contributed by atoms with E-state index in [-0.39, 0.29) is 35.1 Å². The number of alkyl halides is 3. The summed E-state index contributed by atoms with van der Waals surface area (Å²) in [5, 5.41) is 4.94. The maximum atomic E-state index is 13.1.